The third-order valence-corrected chi connectivity index (χ3v) is 2.57. The van der Waals surface area contributed by atoms with E-state index in [2.05, 4.69) is 10.3 Å². The van der Waals surface area contributed by atoms with Crippen LogP contribution >= 0.6 is 0 Å². The van der Waals surface area contributed by atoms with Crippen LogP contribution in [-0.4, -0.2) is 16.0 Å². The summed E-state index contributed by atoms with van der Waals surface area (Å²) in [4.78, 5) is 35.0. The lowest BCUT2D eigenvalue weighted by atomic mass is 10.2. The van der Waals surface area contributed by atoms with Gasteiger partial charge in [-0.1, -0.05) is 30.3 Å². The number of aromatic nitrogens is 1. The Morgan fingerprint density at radius 2 is 2.00 bits per heavy atom. The summed E-state index contributed by atoms with van der Waals surface area (Å²) in [5.41, 5.74) is -1.09. The lowest BCUT2D eigenvalue weighted by molar-refractivity contribution is -0.385. The highest BCUT2D eigenvalue weighted by Crippen LogP contribution is 2.18. The van der Waals surface area contributed by atoms with Crippen molar-refractivity contribution >= 4 is 17.5 Å². The Morgan fingerprint density at radius 3 is 2.67 bits per heavy atom. The molecular formula is C13H11N3O5. The van der Waals surface area contributed by atoms with Crippen molar-refractivity contribution in [1.29, 1.82) is 0 Å². The predicted molar refractivity (Wildman–Crippen MR) is 74.0 cm³/mol. The van der Waals surface area contributed by atoms with Crippen molar-refractivity contribution < 1.29 is 14.5 Å². The van der Waals surface area contributed by atoms with Gasteiger partial charge in [-0.25, -0.2) is 4.79 Å². The molecule has 0 spiro atoms. The molecule has 2 N–H and O–H groups in total. The second-order valence-corrected chi connectivity index (χ2v) is 4.01. The van der Waals surface area contributed by atoms with E-state index < -0.39 is 22.3 Å². The molecule has 8 nitrogen and oxygen atoms in total. The molecule has 0 unspecified atom stereocenters. The molecule has 1 heterocycles. The summed E-state index contributed by atoms with van der Waals surface area (Å²) in [6, 6.07) is 10.1. The minimum atomic E-state index is -0.902. The highest BCUT2D eigenvalue weighted by molar-refractivity contribution is 5.87. The van der Waals surface area contributed by atoms with E-state index in [1.54, 1.807) is 24.3 Å². The molecule has 0 fully saturated rings. The summed E-state index contributed by atoms with van der Waals surface area (Å²) in [6.45, 7) is 0.0175. The molecule has 1 aromatic heterocycles. The van der Waals surface area contributed by atoms with Crippen LogP contribution in [0.3, 0.4) is 0 Å². The van der Waals surface area contributed by atoms with Crippen LogP contribution in [0.5, 0.6) is 0 Å². The number of rotatable bonds is 4. The van der Waals surface area contributed by atoms with Gasteiger partial charge < -0.3 is 9.72 Å². The van der Waals surface area contributed by atoms with Gasteiger partial charge in [-0.3, -0.25) is 20.2 Å². The summed E-state index contributed by atoms with van der Waals surface area (Å²) in [5, 5.41) is 13.0. The average molecular weight is 289 g/mol. The van der Waals surface area contributed by atoms with Gasteiger partial charge in [-0.2, -0.15) is 0 Å². The maximum Gasteiger partial charge on any atom is 0.412 e. The van der Waals surface area contributed by atoms with E-state index in [1.807, 2.05) is 6.07 Å². The summed E-state index contributed by atoms with van der Waals surface area (Å²) < 4.78 is 4.92. The van der Waals surface area contributed by atoms with Crippen molar-refractivity contribution in [3.63, 3.8) is 0 Å². The van der Waals surface area contributed by atoms with Crippen LogP contribution < -0.4 is 10.9 Å². The van der Waals surface area contributed by atoms with E-state index in [9.17, 15) is 19.7 Å². The summed E-state index contributed by atoms with van der Waals surface area (Å²) >= 11 is 0. The van der Waals surface area contributed by atoms with Gasteiger partial charge in [0.05, 0.1) is 4.92 Å². The molecular weight excluding hydrogens is 278 g/mol. The molecule has 2 rings (SSSR count). The highest BCUT2D eigenvalue weighted by Gasteiger charge is 2.20. The number of pyridine rings is 1. The zero-order valence-electron chi connectivity index (χ0n) is 10.7. The smallest absolute Gasteiger partial charge is 0.412 e. The number of aromatic amines is 1. The molecule has 0 saturated heterocycles. The molecule has 0 aliphatic heterocycles. The summed E-state index contributed by atoms with van der Waals surface area (Å²) in [6.07, 6.45) is 0.315. The first-order chi connectivity index (χ1) is 10.1. The normalized spacial score (nSPS) is 9.90. The van der Waals surface area contributed by atoms with Gasteiger partial charge in [0, 0.05) is 6.20 Å². The zero-order valence-corrected chi connectivity index (χ0v) is 10.7. The van der Waals surface area contributed by atoms with Crippen molar-refractivity contribution in [1.82, 2.24) is 4.98 Å². The van der Waals surface area contributed by atoms with Gasteiger partial charge in [-0.15, -0.1) is 0 Å². The van der Waals surface area contributed by atoms with E-state index in [1.165, 1.54) is 12.3 Å². The van der Waals surface area contributed by atoms with Crippen LogP contribution in [0.4, 0.5) is 16.2 Å². The van der Waals surface area contributed by atoms with Crippen molar-refractivity contribution in [2.24, 2.45) is 0 Å². The predicted octanol–water partition coefficient (Wildman–Crippen LogP) is 2.03. The van der Waals surface area contributed by atoms with Crippen LogP contribution in [0.25, 0.3) is 0 Å². The minimum Gasteiger partial charge on any atom is -0.444 e. The fourth-order valence-corrected chi connectivity index (χ4v) is 1.62. The highest BCUT2D eigenvalue weighted by atomic mass is 16.6. The number of nitrogens with zero attached hydrogens (tertiary/aromatic N) is 1. The van der Waals surface area contributed by atoms with Gasteiger partial charge in [0.1, 0.15) is 12.3 Å². The number of carbonyl (C=O) groups excluding carboxylic acids is 1. The molecule has 0 radical (unpaired) electrons. The zero-order chi connectivity index (χ0) is 15.2. The molecule has 1 amide bonds. The van der Waals surface area contributed by atoms with Crippen molar-refractivity contribution in [3.05, 3.63) is 68.6 Å². The Balaban J connectivity index is 2.05. The van der Waals surface area contributed by atoms with Crippen molar-refractivity contribution in [3.8, 4) is 0 Å². The van der Waals surface area contributed by atoms with Gasteiger partial charge in [-0.05, 0) is 11.6 Å². The first-order valence-electron chi connectivity index (χ1n) is 5.91. The van der Waals surface area contributed by atoms with Crippen molar-refractivity contribution in [2.75, 3.05) is 5.32 Å². The first-order valence-corrected chi connectivity index (χ1v) is 5.91. The SMILES string of the molecule is O=C(Nc1cc[nH]c(=O)c1[N+](=O)[O-])OCc1ccccc1. The largest absolute Gasteiger partial charge is 0.444 e. The molecule has 0 bridgehead atoms. The lowest BCUT2D eigenvalue weighted by Crippen LogP contribution is -2.19. The third kappa shape index (κ3) is 3.66. The summed E-state index contributed by atoms with van der Waals surface area (Å²) in [5.74, 6) is 0. The molecule has 0 aliphatic carbocycles. The molecule has 0 saturated carbocycles. The number of amides is 1. The number of nitro groups is 1. The van der Waals surface area contributed by atoms with Crippen LogP contribution in [0.2, 0.25) is 0 Å². The van der Waals surface area contributed by atoms with Gasteiger partial charge in [0.25, 0.3) is 0 Å². The fraction of sp³-hybridized carbons (Fsp3) is 0.0769. The summed E-state index contributed by atoms with van der Waals surface area (Å²) in [7, 11) is 0. The molecule has 0 aliphatic rings. The standard InChI is InChI=1S/C13H11N3O5/c17-12-11(16(19)20)10(6-7-14-12)15-13(18)21-8-9-4-2-1-3-5-9/h1-7H,8H2,(H2,14,15,17,18). The van der Waals surface area contributed by atoms with Crippen LogP contribution in [-0.2, 0) is 11.3 Å². The molecule has 108 valence electrons. The number of carbonyl (C=O) groups is 1. The van der Waals surface area contributed by atoms with Gasteiger partial charge >= 0.3 is 17.3 Å². The Bertz CT molecular complexity index is 711. The minimum absolute atomic E-state index is 0.0175. The van der Waals surface area contributed by atoms with E-state index in [0.717, 1.165) is 5.56 Å². The first kappa shape index (κ1) is 14.3. The number of H-pyrrole nitrogens is 1. The van der Waals surface area contributed by atoms with Gasteiger partial charge in [0.2, 0.25) is 0 Å². The molecule has 0 atom stereocenters. The van der Waals surface area contributed by atoms with E-state index in [-0.39, 0.29) is 12.3 Å². The maximum atomic E-state index is 11.6. The molecule has 8 heteroatoms. The fourth-order valence-electron chi connectivity index (χ4n) is 1.62. The number of anilines is 1. The quantitative estimate of drug-likeness (QED) is 0.660. The molecule has 21 heavy (non-hydrogen) atoms. The Labute approximate surface area is 118 Å². The second kappa shape index (κ2) is 6.33. The molecule has 1 aromatic carbocycles. The Hall–Kier alpha value is -3.16. The van der Waals surface area contributed by atoms with Crippen LogP contribution in [0, 0.1) is 10.1 Å². The van der Waals surface area contributed by atoms with Gasteiger partial charge in [0.15, 0.2) is 0 Å². The maximum absolute atomic E-state index is 11.6. The Kier molecular flexibility index (Phi) is 4.30. The monoisotopic (exact) mass is 289 g/mol. The van der Waals surface area contributed by atoms with E-state index in [0.29, 0.717) is 0 Å². The third-order valence-electron chi connectivity index (χ3n) is 2.57. The lowest BCUT2D eigenvalue weighted by Gasteiger charge is -2.07. The van der Waals surface area contributed by atoms with Crippen molar-refractivity contribution in [2.45, 2.75) is 6.61 Å². The molecule has 2 aromatic rings. The number of hydrogen-bond acceptors (Lipinski definition) is 5. The van der Waals surface area contributed by atoms with Crippen LogP contribution in [0.1, 0.15) is 5.56 Å². The number of hydrogen-bond donors (Lipinski definition) is 2. The van der Waals surface area contributed by atoms with E-state index >= 15 is 0 Å². The topological polar surface area (TPSA) is 114 Å². The number of nitrogens with one attached hydrogen (secondary N) is 2. The second-order valence-electron chi connectivity index (χ2n) is 4.01. The van der Waals surface area contributed by atoms with Crippen LogP contribution in [0.15, 0.2) is 47.4 Å². The number of benzene rings is 1. The van der Waals surface area contributed by atoms with E-state index in [4.69, 9.17) is 4.74 Å². The average Bonchev–Trinajstić information content (AvgIpc) is 2.46. The number of ether oxygens (including phenoxy) is 1. The Morgan fingerprint density at radius 1 is 1.29 bits per heavy atom.